The molecule has 0 radical (unpaired) electrons. The van der Waals surface area contributed by atoms with Crippen molar-refractivity contribution in [2.24, 2.45) is 0 Å². The second-order valence-corrected chi connectivity index (χ2v) is 6.66. The van der Waals surface area contributed by atoms with E-state index in [-0.39, 0.29) is 11.1 Å². The first-order valence-electron chi connectivity index (χ1n) is 8.80. The Balaban J connectivity index is 1.66. The number of carbonyl (C=O) groups excluding carboxylic acids is 1. The fourth-order valence-corrected chi connectivity index (χ4v) is 3.13. The zero-order valence-electron chi connectivity index (χ0n) is 15.2. The van der Waals surface area contributed by atoms with E-state index in [0.717, 1.165) is 5.56 Å². The van der Waals surface area contributed by atoms with Crippen LogP contribution in [0.2, 0.25) is 5.22 Å². The van der Waals surface area contributed by atoms with Gasteiger partial charge in [0.2, 0.25) is 5.82 Å². The molecule has 7 nitrogen and oxygen atoms in total. The molecule has 2 N–H and O–H groups in total. The maximum atomic E-state index is 13.0. The van der Waals surface area contributed by atoms with Crippen molar-refractivity contribution in [3.63, 3.8) is 0 Å². The molecule has 4 aromatic rings. The highest BCUT2D eigenvalue weighted by Gasteiger charge is 2.19. The number of rotatable bonds is 5. The Bertz CT molecular complexity index is 1140. The van der Waals surface area contributed by atoms with Crippen LogP contribution < -0.4 is 5.73 Å². The third kappa shape index (κ3) is 3.44. The molecule has 28 heavy (non-hydrogen) atoms. The second-order valence-electron chi connectivity index (χ2n) is 6.28. The summed E-state index contributed by atoms with van der Waals surface area (Å²) >= 11 is 5.82. The number of nitrogens with two attached hydrogens (primary N) is 1. The molecule has 0 fully saturated rings. The molecule has 4 rings (SSSR count). The number of furan rings is 1. The van der Waals surface area contributed by atoms with Crippen LogP contribution in [0, 0.1) is 0 Å². The molecule has 1 aromatic carbocycles. The van der Waals surface area contributed by atoms with E-state index < -0.39 is 0 Å². The van der Waals surface area contributed by atoms with Gasteiger partial charge in [-0.15, -0.1) is 5.10 Å². The minimum Gasteiger partial charge on any atom is -0.441 e. The number of benzene rings is 1. The van der Waals surface area contributed by atoms with Gasteiger partial charge in [0, 0.05) is 18.7 Å². The Morgan fingerprint density at radius 1 is 1.21 bits per heavy atom. The first-order chi connectivity index (χ1) is 13.5. The molecule has 0 bridgehead atoms. The first-order valence-corrected chi connectivity index (χ1v) is 9.18. The van der Waals surface area contributed by atoms with E-state index in [2.05, 4.69) is 10.1 Å². The maximum absolute atomic E-state index is 13.0. The predicted molar refractivity (Wildman–Crippen MR) is 107 cm³/mol. The van der Waals surface area contributed by atoms with Gasteiger partial charge in [0.25, 0.3) is 5.91 Å². The lowest BCUT2D eigenvalue weighted by molar-refractivity contribution is 0.0752. The molecular weight excluding hydrogens is 378 g/mol. The number of nitrogen functional groups attached to an aromatic ring is 1. The van der Waals surface area contributed by atoms with Crippen molar-refractivity contribution >= 4 is 29.0 Å². The number of nitrogens with zero attached hydrogens (tertiary/aromatic N) is 4. The molecule has 3 aromatic heterocycles. The average Bonchev–Trinajstić information content (AvgIpc) is 3.32. The summed E-state index contributed by atoms with van der Waals surface area (Å²) in [6.07, 6.45) is 0. The van der Waals surface area contributed by atoms with E-state index in [0.29, 0.717) is 41.7 Å². The molecule has 0 aliphatic carbocycles. The highest BCUT2D eigenvalue weighted by atomic mass is 35.5. The van der Waals surface area contributed by atoms with Gasteiger partial charge in [0.1, 0.15) is 5.82 Å². The zero-order chi connectivity index (χ0) is 19.7. The van der Waals surface area contributed by atoms with E-state index >= 15 is 0 Å². The van der Waals surface area contributed by atoms with E-state index in [1.807, 2.05) is 37.3 Å². The van der Waals surface area contributed by atoms with Crippen LogP contribution in [-0.2, 0) is 6.54 Å². The van der Waals surface area contributed by atoms with Crippen molar-refractivity contribution in [3.8, 4) is 11.6 Å². The van der Waals surface area contributed by atoms with E-state index in [1.165, 1.54) is 4.52 Å². The molecule has 8 heteroatoms. The van der Waals surface area contributed by atoms with Gasteiger partial charge in [-0.1, -0.05) is 30.3 Å². The highest BCUT2D eigenvalue weighted by Crippen LogP contribution is 2.24. The lowest BCUT2D eigenvalue weighted by Gasteiger charge is -2.21. The zero-order valence-corrected chi connectivity index (χ0v) is 15.9. The predicted octanol–water partition coefficient (Wildman–Crippen LogP) is 3.89. The molecule has 1 amide bonds. The van der Waals surface area contributed by atoms with Gasteiger partial charge in [-0.05, 0) is 48.4 Å². The number of anilines is 1. The normalized spacial score (nSPS) is 11.1. The van der Waals surface area contributed by atoms with Gasteiger partial charge in [-0.3, -0.25) is 4.79 Å². The van der Waals surface area contributed by atoms with Gasteiger partial charge < -0.3 is 15.1 Å². The van der Waals surface area contributed by atoms with E-state index in [9.17, 15) is 4.79 Å². The van der Waals surface area contributed by atoms with Gasteiger partial charge in [0.15, 0.2) is 16.6 Å². The Morgan fingerprint density at radius 2 is 2.00 bits per heavy atom. The molecule has 0 spiro atoms. The number of hydrogen-bond donors (Lipinski definition) is 1. The molecule has 3 heterocycles. The Hall–Kier alpha value is -3.32. The summed E-state index contributed by atoms with van der Waals surface area (Å²) in [6, 6.07) is 16.4. The second kappa shape index (κ2) is 7.36. The van der Waals surface area contributed by atoms with Crippen LogP contribution in [-0.4, -0.2) is 31.9 Å². The average molecular weight is 396 g/mol. The smallest absolute Gasteiger partial charge is 0.254 e. The van der Waals surface area contributed by atoms with Gasteiger partial charge in [0.05, 0.1) is 0 Å². The molecular formula is C20H18ClN5O2. The number of aromatic nitrogens is 3. The number of fused-ring (bicyclic) bond motifs is 1. The minimum atomic E-state index is -0.119. The van der Waals surface area contributed by atoms with Crippen molar-refractivity contribution in [1.82, 2.24) is 19.5 Å². The SMILES string of the molecule is CCN(Cc1ccccc1)C(=O)c1cc(N)n2nc(-c3ccc(Cl)o3)nc2c1. The van der Waals surface area contributed by atoms with Crippen LogP contribution in [0.15, 0.2) is 59.0 Å². The van der Waals surface area contributed by atoms with Crippen molar-refractivity contribution in [1.29, 1.82) is 0 Å². The lowest BCUT2D eigenvalue weighted by atomic mass is 10.1. The molecule has 142 valence electrons. The summed E-state index contributed by atoms with van der Waals surface area (Å²) < 4.78 is 6.82. The largest absolute Gasteiger partial charge is 0.441 e. The number of pyridine rings is 1. The van der Waals surface area contributed by atoms with Gasteiger partial charge in [-0.25, -0.2) is 4.98 Å². The van der Waals surface area contributed by atoms with Crippen molar-refractivity contribution in [2.75, 3.05) is 12.3 Å². The summed E-state index contributed by atoms with van der Waals surface area (Å²) in [6.45, 7) is 3.03. The fourth-order valence-electron chi connectivity index (χ4n) is 2.98. The van der Waals surface area contributed by atoms with Crippen LogP contribution in [0.1, 0.15) is 22.8 Å². The fraction of sp³-hybridized carbons (Fsp3) is 0.150. The molecule has 0 aliphatic rings. The number of halogens is 1. The molecule has 0 unspecified atom stereocenters. The third-order valence-corrected chi connectivity index (χ3v) is 4.59. The van der Waals surface area contributed by atoms with Crippen LogP contribution in [0.3, 0.4) is 0 Å². The van der Waals surface area contributed by atoms with E-state index in [1.54, 1.807) is 29.2 Å². The Morgan fingerprint density at radius 3 is 2.68 bits per heavy atom. The topological polar surface area (TPSA) is 89.7 Å². The first kappa shape index (κ1) is 18.1. The van der Waals surface area contributed by atoms with Crippen LogP contribution in [0.4, 0.5) is 5.82 Å². The summed E-state index contributed by atoms with van der Waals surface area (Å²) in [4.78, 5) is 19.2. The van der Waals surface area contributed by atoms with Crippen molar-refractivity contribution in [3.05, 3.63) is 70.9 Å². The standard InChI is InChI=1S/C20H18ClN5O2/c1-2-25(12-13-6-4-3-5-7-13)20(27)14-10-17(22)26-18(11-14)23-19(24-26)15-8-9-16(21)28-15/h3-11H,2,12,22H2,1H3. The van der Waals surface area contributed by atoms with Crippen LogP contribution in [0.25, 0.3) is 17.2 Å². The number of hydrogen-bond acceptors (Lipinski definition) is 5. The minimum absolute atomic E-state index is 0.119. The maximum Gasteiger partial charge on any atom is 0.254 e. The number of amides is 1. The van der Waals surface area contributed by atoms with Gasteiger partial charge in [-0.2, -0.15) is 4.52 Å². The summed E-state index contributed by atoms with van der Waals surface area (Å²) in [5.74, 6) is 0.972. The Kier molecular flexibility index (Phi) is 4.75. The summed E-state index contributed by atoms with van der Waals surface area (Å²) in [5.41, 5.74) is 8.10. The quantitative estimate of drug-likeness (QED) is 0.553. The van der Waals surface area contributed by atoms with Crippen LogP contribution >= 0.6 is 11.6 Å². The summed E-state index contributed by atoms with van der Waals surface area (Å²) in [5, 5.41) is 4.58. The lowest BCUT2D eigenvalue weighted by Crippen LogP contribution is -2.30. The molecule has 0 aliphatic heterocycles. The highest BCUT2D eigenvalue weighted by molar-refractivity contribution is 6.28. The van der Waals surface area contributed by atoms with Gasteiger partial charge >= 0.3 is 0 Å². The number of carbonyl (C=O) groups is 1. The van der Waals surface area contributed by atoms with Crippen molar-refractivity contribution in [2.45, 2.75) is 13.5 Å². The van der Waals surface area contributed by atoms with Crippen molar-refractivity contribution < 1.29 is 9.21 Å². The van der Waals surface area contributed by atoms with E-state index in [4.69, 9.17) is 21.8 Å². The monoisotopic (exact) mass is 395 g/mol. The summed E-state index contributed by atoms with van der Waals surface area (Å²) in [7, 11) is 0. The molecule has 0 saturated heterocycles. The molecule has 0 saturated carbocycles. The Labute approximate surface area is 166 Å². The molecule has 0 atom stereocenters. The van der Waals surface area contributed by atoms with Crippen LogP contribution in [0.5, 0.6) is 0 Å². The third-order valence-electron chi connectivity index (χ3n) is 4.39.